The summed E-state index contributed by atoms with van der Waals surface area (Å²) >= 11 is 0. The number of hydrogen-bond donors (Lipinski definition) is 2. The van der Waals surface area contributed by atoms with E-state index in [0.717, 1.165) is 4.31 Å². The molecule has 19 heavy (non-hydrogen) atoms. The number of aromatic amines is 1. The van der Waals surface area contributed by atoms with Crippen LogP contribution in [0.25, 0.3) is 0 Å². The van der Waals surface area contributed by atoms with E-state index in [0.29, 0.717) is 11.4 Å². The number of sulfonamides is 1. The highest BCUT2D eigenvalue weighted by Crippen LogP contribution is 2.24. The second kappa shape index (κ2) is 4.93. The summed E-state index contributed by atoms with van der Waals surface area (Å²) in [5, 5.41) is 9.23. The summed E-state index contributed by atoms with van der Waals surface area (Å²) in [6.07, 6.45) is 1.56. The number of fused-ring (bicyclic) bond motifs is 1. The summed E-state index contributed by atoms with van der Waals surface area (Å²) in [6, 6.07) is -1.07. The van der Waals surface area contributed by atoms with Gasteiger partial charge in [-0.2, -0.15) is 4.31 Å². The highest BCUT2D eigenvalue weighted by molar-refractivity contribution is 7.89. The predicted molar refractivity (Wildman–Crippen MR) is 67.9 cm³/mol. The second-order valence-electron chi connectivity index (χ2n) is 5.10. The molecule has 0 radical (unpaired) electrons. The molecule has 0 saturated heterocycles. The molecule has 1 unspecified atom stereocenters. The molecule has 0 amide bonds. The number of carbonyl (C=O) groups is 1. The van der Waals surface area contributed by atoms with E-state index in [1.54, 1.807) is 13.8 Å². The van der Waals surface area contributed by atoms with Crippen LogP contribution in [0, 0.1) is 5.92 Å². The molecule has 2 heterocycles. The smallest absolute Gasteiger partial charge is 0.322 e. The summed E-state index contributed by atoms with van der Waals surface area (Å²) in [5.74, 6) is -1.25. The summed E-state index contributed by atoms with van der Waals surface area (Å²) in [6.45, 7) is 3.62. The lowest BCUT2D eigenvalue weighted by Crippen LogP contribution is -2.49. The first kappa shape index (κ1) is 14.0. The average molecular weight is 287 g/mol. The molecule has 0 aromatic carbocycles. The fourth-order valence-corrected chi connectivity index (χ4v) is 4.14. The van der Waals surface area contributed by atoms with Gasteiger partial charge in [-0.3, -0.25) is 4.79 Å². The van der Waals surface area contributed by atoms with Crippen molar-refractivity contribution >= 4 is 16.0 Å². The average Bonchev–Trinajstić information content (AvgIpc) is 2.72. The largest absolute Gasteiger partial charge is 0.480 e. The van der Waals surface area contributed by atoms with Gasteiger partial charge in [-0.05, 0) is 5.92 Å². The Labute approximate surface area is 111 Å². The number of aliphatic carboxylic acids is 1. The molecule has 1 aliphatic rings. The summed E-state index contributed by atoms with van der Waals surface area (Å²) in [5.41, 5.74) is 1.30. The van der Waals surface area contributed by atoms with E-state index in [-0.39, 0.29) is 24.6 Å². The van der Waals surface area contributed by atoms with Crippen molar-refractivity contribution in [2.75, 3.05) is 5.75 Å². The molecule has 1 atom stereocenters. The maximum atomic E-state index is 12.3. The van der Waals surface area contributed by atoms with Gasteiger partial charge in [-0.25, -0.2) is 13.4 Å². The molecule has 2 N–H and O–H groups in total. The molecule has 7 nitrogen and oxygen atoms in total. The lowest BCUT2D eigenvalue weighted by molar-refractivity contribution is -0.141. The van der Waals surface area contributed by atoms with Crippen molar-refractivity contribution in [1.82, 2.24) is 14.3 Å². The van der Waals surface area contributed by atoms with E-state index in [1.807, 2.05) is 0 Å². The molecule has 2 rings (SSSR count). The number of carboxylic acid groups (broad SMARTS) is 1. The first-order valence-electron chi connectivity index (χ1n) is 6.04. The minimum atomic E-state index is -3.59. The van der Waals surface area contributed by atoms with E-state index in [4.69, 9.17) is 0 Å². The Bertz CT molecular complexity index is 579. The molecule has 0 bridgehead atoms. The van der Waals surface area contributed by atoms with E-state index < -0.39 is 22.0 Å². The van der Waals surface area contributed by atoms with Crippen LogP contribution in [0.1, 0.15) is 25.2 Å². The van der Waals surface area contributed by atoms with Crippen LogP contribution >= 0.6 is 0 Å². The van der Waals surface area contributed by atoms with Gasteiger partial charge in [0.25, 0.3) is 0 Å². The monoisotopic (exact) mass is 287 g/mol. The maximum Gasteiger partial charge on any atom is 0.322 e. The van der Waals surface area contributed by atoms with Crippen molar-refractivity contribution < 1.29 is 18.3 Å². The van der Waals surface area contributed by atoms with Crippen LogP contribution in [0.15, 0.2) is 6.33 Å². The molecule has 1 aromatic heterocycles. The van der Waals surface area contributed by atoms with Gasteiger partial charge in [0.2, 0.25) is 10.0 Å². The molecule has 106 valence electrons. The van der Waals surface area contributed by atoms with E-state index in [1.165, 1.54) is 6.33 Å². The van der Waals surface area contributed by atoms with E-state index in [2.05, 4.69) is 9.97 Å². The molecule has 0 aliphatic carbocycles. The summed E-state index contributed by atoms with van der Waals surface area (Å²) in [4.78, 5) is 18.2. The van der Waals surface area contributed by atoms with Crippen LogP contribution in [0.4, 0.5) is 0 Å². The van der Waals surface area contributed by atoms with E-state index >= 15 is 0 Å². The Balaban J connectivity index is 2.35. The van der Waals surface area contributed by atoms with Crippen molar-refractivity contribution in [2.45, 2.75) is 32.9 Å². The minimum absolute atomic E-state index is 0.0430. The predicted octanol–water partition coefficient (Wildman–Crippen LogP) is 0.207. The number of imidazole rings is 1. The SMILES string of the molecule is CC(C)CS(=O)(=O)N1Cc2[nH]cnc2CC1C(=O)O. The van der Waals surface area contributed by atoms with Gasteiger partial charge in [0.1, 0.15) is 6.04 Å². The number of nitrogens with one attached hydrogen (secondary N) is 1. The third kappa shape index (κ3) is 2.79. The Kier molecular flexibility index (Phi) is 3.64. The fourth-order valence-electron chi connectivity index (χ4n) is 2.23. The minimum Gasteiger partial charge on any atom is -0.480 e. The van der Waals surface area contributed by atoms with Gasteiger partial charge < -0.3 is 10.1 Å². The van der Waals surface area contributed by atoms with Crippen molar-refractivity contribution in [3.63, 3.8) is 0 Å². The first-order valence-corrected chi connectivity index (χ1v) is 7.65. The van der Waals surface area contributed by atoms with Gasteiger partial charge in [0, 0.05) is 6.42 Å². The molecule has 1 aliphatic heterocycles. The number of hydrogen-bond acceptors (Lipinski definition) is 4. The number of rotatable bonds is 4. The third-order valence-electron chi connectivity index (χ3n) is 3.04. The molecule has 0 fully saturated rings. The Hall–Kier alpha value is -1.41. The zero-order valence-electron chi connectivity index (χ0n) is 10.8. The molecular weight excluding hydrogens is 270 g/mol. The van der Waals surface area contributed by atoms with Crippen molar-refractivity contribution in [2.24, 2.45) is 5.92 Å². The summed E-state index contributed by atoms with van der Waals surface area (Å²) < 4.78 is 25.6. The Morgan fingerprint density at radius 3 is 2.89 bits per heavy atom. The van der Waals surface area contributed by atoms with Crippen LogP contribution in [0.3, 0.4) is 0 Å². The highest BCUT2D eigenvalue weighted by atomic mass is 32.2. The van der Waals surface area contributed by atoms with Crippen LogP contribution in [0.5, 0.6) is 0 Å². The lowest BCUT2D eigenvalue weighted by atomic mass is 10.1. The first-order chi connectivity index (χ1) is 8.81. The lowest BCUT2D eigenvalue weighted by Gasteiger charge is -2.31. The molecular formula is C11H17N3O4S. The zero-order chi connectivity index (χ0) is 14.2. The van der Waals surface area contributed by atoms with Gasteiger partial charge >= 0.3 is 5.97 Å². The van der Waals surface area contributed by atoms with Crippen LogP contribution in [-0.4, -0.2) is 45.6 Å². The van der Waals surface area contributed by atoms with Crippen molar-refractivity contribution in [3.05, 3.63) is 17.7 Å². The maximum absolute atomic E-state index is 12.3. The summed E-state index contributed by atoms with van der Waals surface area (Å²) in [7, 11) is -3.59. The number of aromatic nitrogens is 2. The number of carboxylic acids is 1. The molecule has 1 aromatic rings. The van der Waals surface area contributed by atoms with Gasteiger partial charge in [0.05, 0.1) is 30.0 Å². The normalized spacial score (nSPS) is 20.5. The Morgan fingerprint density at radius 2 is 2.32 bits per heavy atom. The van der Waals surface area contributed by atoms with Crippen molar-refractivity contribution in [3.8, 4) is 0 Å². The fraction of sp³-hybridized carbons (Fsp3) is 0.636. The second-order valence-corrected chi connectivity index (χ2v) is 7.07. The molecule has 8 heteroatoms. The van der Waals surface area contributed by atoms with Crippen LogP contribution in [0.2, 0.25) is 0 Å². The molecule has 0 saturated carbocycles. The van der Waals surface area contributed by atoms with Gasteiger partial charge in [-0.15, -0.1) is 0 Å². The van der Waals surface area contributed by atoms with Gasteiger partial charge in [0.15, 0.2) is 0 Å². The third-order valence-corrected chi connectivity index (χ3v) is 5.23. The Morgan fingerprint density at radius 1 is 1.63 bits per heavy atom. The van der Waals surface area contributed by atoms with Gasteiger partial charge in [-0.1, -0.05) is 13.8 Å². The zero-order valence-corrected chi connectivity index (χ0v) is 11.6. The van der Waals surface area contributed by atoms with E-state index in [9.17, 15) is 18.3 Å². The van der Waals surface area contributed by atoms with Crippen LogP contribution in [-0.2, 0) is 27.8 Å². The standard InChI is InChI=1S/C11H17N3O4S/c1-7(2)5-19(17,18)14-4-9-8(12-6-13-9)3-10(14)11(15)16/h6-7,10H,3-5H2,1-2H3,(H,12,13)(H,15,16). The topological polar surface area (TPSA) is 103 Å². The quantitative estimate of drug-likeness (QED) is 0.823. The number of nitrogens with zero attached hydrogens (tertiary/aromatic N) is 2. The molecule has 0 spiro atoms. The number of H-pyrrole nitrogens is 1. The van der Waals surface area contributed by atoms with Crippen LogP contribution < -0.4 is 0 Å². The highest BCUT2D eigenvalue weighted by Gasteiger charge is 2.39. The van der Waals surface area contributed by atoms with Crippen molar-refractivity contribution in [1.29, 1.82) is 0 Å².